The summed E-state index contributed by atoms with van der Waals surface area (Å²) in [6, 6.07) is 13.6. The molecule has 3 rings (SSSR count). The summed E-state index contributed by atoms with van der Waals surface area (Å²) in [6.45, 7) is 1.84. The molecule has 28 heavy (non-hydrogen) atoms. The van der Waals surface area contributed by atoms with Crippen molar-refractivity contribution in [1.82, 2.24) is 4.98 Å². The zero-order valence-electron chi connectivity index (χ0n) is 15.0. The molecular formula is C21H17Cl2N3O2. The molecule has 0 atom stereocenters. The molecule has 2 amide bonds. The fraction of sp³-hybridized carbons (Fsp3) is 0.0952. The smallest absolute Gasteiger partial charge is 0.257 e. The number of hydrogen-bond acceptors (Lipinski definition) is 3. The first kappa shape index (κ1) is 19.9. The van der Waals surface area contributed by atoms with Gasteiger partial charge in [0.05, 0.1) is 21.3 Å². The quantitative estimate of drug-likeness (QED) is 0.618. The highest BCUT2D eigenvalue weighted by atomic mass is 35.5. The number of amides is 2. The van der Waals surface area contributed by atoms with E-state index >= 15 is 0 Å². The lowest BCUT2D eigenvalue weighted by Crippen LogP contribution is -2.17. The molecule has 1 aromatic heterocycles. The van der Waals surface area contributed by atoms with Gasteiger partial charge < -0.3 is 11.1 Å². The van der Waals surface area contributed by atoms with Crippen molar-refractivity contribution in [2.45, 2.75) is 13.3 Å². The number of anilines is 1. The summed E-state index contributed by atoms with van der Waals surface area (Å²) < 4.78 is 0. The van der Waals surface area contributed by atoms with Gasteiger partial charge in [0.1, 0.15) is 0 Å². The Morgan fingerprint density at radius 3 is 2.46 bits per heavy atom. The van der Waals surface area contributed by atoms with E-state index in [9.17, 15) is 9.59 Å². The SMILES string of the molecule is CCc1c(C(N)=O)ccc(C(=O)Nc2ccc(Cl)c(-c3ccccn3)c2)c1Cl. The highest BCUT2D eigenvalue weighted by molar-refractivity contribution is 6.36. The predicted octanol–water partition coefficient (Wildman–Crippen LogP) is 4.97. The zero-order chi connectivity index (χ0) is 20.3. The molecule has 7 heteroatoms. The van der Waals surface area contributed by atoms with Gasteiger partial charge in [0.2, 0.25) is 5.91 Å². The number of nitrogens with one attached hydrogen (secondary N) is 1. The largest absolute Gasteiger partial charge is 0.366 e. The Morgan fingerprint density at radius 2 is 1.82 bits per heavy atom. The van der Waals surface area contributed by atoms with Crippen molar-refractivity contribution in [3.8, 4) is 11.3 Å². The van der Waals surface area contributed by atoms with Gasteiger partial charge in [-0.05, 0) is 54.4 Å². The molecule has 0 radical (unpaired) electrons. The molecule has 0 fully saturated rings. The molecule has 2 aromatic carbocycles. The lowest BCUT2D eigenvalue weighted by Gasteiger charge is -2.13. The normalized spacial score (nSPS) is 10.5. The lowest BCUT2D eigenvalue weighted by atomic mass is 10.0. The summed E-state index contributed by atoms with van der Waals surface area (Å²) in [5, 5.41) is 3.55. The monoisotopic (exact) mass is 413 g/mol. The number of carbonyl (C=O) groups excluding carboxylic acids is 2. The van der Waals surface area contributed by atoms with Crippen molar-refractivity contribution in [3.05, 3.63) is 81.5 Å². The Labute approximate surface area is 172 Å². The van der Waals surface area contributed by atoms with Gasteiger partial charge in [-0.3, -0.25) is 14.6 Å². The molecule has 0 unspecified atom stereocenters. The topological polar surface area (TPSA) is 85.1 Å². The maximum atomic E-state index is 12.8. The van der Waals surface area contributed by atoms with E-state index < -0.39 is 11.8 Å². The average Bonchev–Trinajstić information content (AvgIpc) is 2.69. The number of nitrogens with two attached hydrogens (primary N) is 1. The van der Waals surface area contributed by atoms with E-state index in [1.54, 1.807) is 24.4 Å². The van der Waals surface area contributed by atoms with E-state index in [4.69, 9.17) is 28.9 Å². The van der Waals surface area contributed by atoms with E-state index in [0.29, 0.717) is 39.5 Å². The molecule has 0 aliphatic carbocycles. The molecule has 1 heterocycles. The van der Waals surface area contributed by atoms with Crippen LogP contribution in [0.3, 0.4) is 0 Å². The van der Waals surface area contributed by atoms with Crippen LogP contribution in [-0.4, -0.2) is 16.8 Å². The number of aromatic nitrogens is 1. The van der Waals surface area contributed by atoms with E-state index in [1.807, 2.05) is 25.1 Å². The minimum absolute atomic E-state index is 0.218. The Balaban J connectivity index is 1.93. The van der Waals surface area contributed by atoms with E-state index in [-0.39, 0.29) is 10.6 Å². The van der Waals surface area contributed by atoms with Gasteiger partial charge in [-0.1, -0.05) is 36.2 Å². The molecular weight excluding hydrogens is 397 g/mol. The van der Waals surface area contributed by atoms with Crippen molar-refractivity contribution < 1.29 is 9.59 Å². The van der Waals surface area contributed by atoms with Gasteiger partial charge in [0, 0.05) is 23.0 Å². The number of halogens is 2. The molecule has 0 saturated heterocycles. The van der Waals surface area contributed by atoms with Crippen molar-refractivity contribution >= 4 is 40.7 Å². The molecule has 0 saturated carbocycles. The van der Waals surface area contributed by atoms with Gasteiger partial charge in [0.15, 0.2) is 0 Å². The molecule has 3 N–H and O–H groups in total. The summed E-state index contributed by atoms with van der Waals surface area (Å²) in [4.78, 5) is 28.6. The first-order valence-electron chi connectivity index (χ1n) is 8.55. The van der Waals surface area contributed by atoms with Crippen LogP contribution < -0.4 is 11.1 Å². The third-order valence-corrected chi connectivity index (χ3v) is 5.03. The van der Waals surface area contributed by atoms with Crippen LogP contribution in [0, 0.1) is 0 Å². The van der Waals surface area contributed by atoms with Crippen LogP contribution >= 0.6 is 23.2 Å². The molecule has 142 valence electrons. The first-order valence-corrected chi connectivity index (χ1v) is 9.31. The number of hydrogen-bond donors (Lipinski definition) is 2. The zero-order valence-corrected chi connectivity index (χ0v) is 16.5. The van der Waals surface area contributed by atoms with Crippen molar-refractivity contribution in [2.24, 2.45) is 5.73 Å². The first-order chi connectivity index (χ1) is 13.4. The number of benzene rings is 2. The minimum atomic E-state index is -0.580. The van der Waals surface area contributed by atoms with Crippen LogP contribution in [-0.2, 0) is 6.42 Å². The van der Waals surface area contributed by atoms with Gasteiger partial charge in [0.25, 0.3) is 5.91 Å². The van der Waals surface area contributed by atoms with Crippen LogP contribution in [0.1, 0.15) is 33.2 Å². The Hall–Kier alpha value is -2.89. The second kappa shape index (κ2) is 8.42. The molecule has 3 aromatic rings. The summed E-state index contributed by atoms with van der Waals surface area (Å²) in [7, 11) is 0. The van der Waals surface area contributed by atoms with Crippen molar-refractivity contribution in [3.63, 3.8) is 0 Å². The minimum Gasteiger partial charge on any atom is -0.366 e. The third-order valence-electron chi connectivity index (χ3n) is 4.27. The van der Waals surface area contributed by atoms with Crippen molar-refractivity contribution in [1.29, 1.82) is 0 Å². The van der Waals surface area contributed by atoms with E-state index in [1.165, 1.54) is 12.1 Å². The highest BCUT2D eigenvalue weighted by Gasteiger charge is 2.18. The summed E-state index contributed by atoms with van der Waals surface area (Å²) in [5.74, 6) is -0.978. The van der Waals surface area contributed by atoms with Crippen LogP contribution in [0.15, 0.2) is 54.7 Å². The summed E-state index contributed by atoms with van der Waals surface area (Å²) >= 11 is 12.7. The second-order valence-corrected chi connectivity index (χ2v) is 6.82. The second-order valence-electron chi connectivity index (χ2n) is 6.03. The maximum absolute atomic E-state index is 12.8. The molecule has 0 aliphatic heterocycles. The van der Waals surface area contributed by atoms with Crippen LogP contribution in [0.4, 0.5) is 5.69 Å². The van der Waals surface area contributed by atoms with Crippen molar-refractivity contribution in [2.75, 3.05) is 5.32 Å². The number of nitrogens with zero attached hydrogens (tertiary/aromatic N) is 1. The fourth-order valence-electron chi connectivity index (χ4n) is 2.89. The van der Waals surface area contributed by atoms with E-state index in [0.717, 1.165) is 0 Å². The average molecular weight is 414 g/mol. The Bertz CT molecular complexity index is 1050. The standard InChI is InChI=1S/C21H17Cl2N3O2/c1-2-13-14(20(24)27)7-8-15(19(13)23)21(28)26-12-6-9-17(22)16(11-12)18-5-3-4-10-25-18/h3-11H,2H2,1H3,(H2,24,27)(H,26,28). The van der Waals surface area contributed by atoms with Crippen LogP contribution in [0.5, 0.6) is 0 Å². The highest BCUT2D eigenvalue weighted by Crippen LogP contribution is 2.30. The molecule has 5 nitrogen and oxygen atoms in total. The number of pyridine rings is 1. The van der Waals surface area contributed by atoms with Crippen LogP contribution in [0.25, 0.3) is 11.3 Å². The lowest BCUT2D eigenvalue weighted by molar-refractivity contribution is 0.0994. The number of primary amides is 1. The third kappa shape index (κ3) is 4.01. The number of carbonyl (C=O) groups is 2. The molecule has 0 aliphatic rings. The van der Waals surface area contributed by atoms with Gasteiger partial charge in [-0.25, -0.2) is 0 Å². The summed E-state index contributed by atoms with van der Waals surface area (Å²) in [5.41, 5.74) is 8.44. The van der Waals surface area contributed by atoms with Gasteiger partial charge in [-0.2, -0.15) is 0 Å². The fourth-order valence-corrected chi connectivity index (χ4v) is 3.49. The Morgan fingerprint density at radius 1 is 1.07 bits per heavy atom. The van der Waals surface area contributed by atoms with E-state index in [2.05, 4.69) is 10.3 Å². The summed E-state index contributed by atoms with van der Waals surface area (Å²) in [6.07, 6.45) is 2.15. The molecule has 0 bridgehead atoms. The Kier molecular flexibility index (Phi) is 5.97. The maximum Gasteiger partial charge on any atom is 0.257 e. The number of rotatable bonds is 5. The van der Waals surface area contributed by atoms with Gasteiger partial charge >= 0.3 is 0 Å². The predicted molar refractivity (Wildman–Crippen MR) is 112 cm³/mol. The van der Waals surface area contributed by atoms with Crippen LogP contribution in [0.2, 0.25) is 10.0 Å². The molecule has 0 spiro atoms. The van der Waals surface area contributed by atoms with Gasteiger partial charge in [-0.15, -0.1) is 0 Å².